The Bertz CT molecular complexity index is 10.0. The molecule has 0 saturated carbocycles. The van der Waals surface area contributed by atoms with Gasteiger partial charge in [-0.05, 0) is 0 Å². The maximum absolute atomic E-state index is 10.9. The maximum atomic E-state index is 10.9. The summed E-state index contributed by atoms with van der Waals surface area (Å²) in [6.07, 6.45) is 0. The fourth-order valence-electron chi connectivity index (χ4n) is 0. The Kier molecular flexibility index (Phi) is 6.08. The summed E-state index contributed by atoms with van der Waals surface area (Å²) in [5, 5.41) is 0. The van der Waals surface area contributed by atoms with Crippen LogP contribution in [0, 0.1) is 0 Å². The van der Waals surface area contributed by atoms with Crippen LogP contribution in [0.5, 0.6) is 0 Å². The second-order valence-corrected chi connectivity index (χ2v) is 6.91. The molecular formula is CH2FISn. The van der Waals surface area contributed by atoms with Gasteiger partial charge in [0.05, 0.1) is 0 Å². The van der Waals surface area contributed by atoms with Crippen LogP contribution in [0.25, 0.3) is 0 Å². The third-order valence-corrected chi connectivity index (χ3v) is 2.27. The van der Waals surface area contributed by atoms with E-state index in [1.54, 1.807) is 0 Å². The monoisotopic (exact) mass is 280 g/mol. The summed E-state index contributed by atoms with van der Waals surface area (Å²) in [5.41, 5.74) is 0. The fraction of sp³-hybridized carbons (Fsp3) is 1.00. The topological polar surface area (TPSA) is 0 Å². The predicted octanol–water partition coefficient (Wildman–Crippen LogP) is 0.968. The Morgan fingerprint density at radius 1 is 2.00 bits per heavy atom. The zero-order valence-electron chi connectivity index (χ0n) is 1.96. The first-order valence-corrected chi connectivity index (χ1v) is 5.43. The molecule has 3 heteroatoms. The van der Waals surface area contributed by atoms with E-state index >= 15 is 0 Å². The number of rotatable bonds is 1. The number of hydrogen-bond donors (Lipinski definition) is 0. The van der Waals surface area contributed by atoms with Gasteiger partial charge in [0, 0.05) is 0 Å². The van der Waals surface area contributed by atoms with Crippen LogP contribution >= 0.6 is 22.6 Å². The van der Waals surface area contributed by atoms with Gasteiger partial charge >= 0.3 is 49.6 Å². The summed E-state index contributed by atoms with van der Waals surface area (Å²) >= 11 is 0.763. The normalized spacial score (nSPS) is 7.50. The van der Waals surface area contributed by atoms with Gasteiger partial charge in [-0.15, -0.1) is 0 Å². The third-order valence-electron chi connectivity index (χ3n) is 0.0505. The summed E-state index contributed by atoms with van der Waals surface area (Å²) < 4.78 is 11.7. The molecule has 0 rings (SSSR count). The van der Waals surface area contributed by atoms with E-state index < -0.39 is 21.7 Å². The molecule has 0 aromatic rings. The summed E-state index contributed by atoms with van der Waals surface area (Å²) in [5.74, 6) is 0. The quantitative estimate of drug-likeness (QED) is 0.381. The van der Waals surface area contributed by atoms with Crippen LogP contribution in [-0.2, 0) is 0 Å². The van der Waals surface area contributed by atoms with Crippen molar-refractivity contribution in [2.24, 2.45) is 0 Å². The summed E-state index contributed by atoms with van der Waals surface area (Å²) in [4.78, 5) is 0. The first kappa shape index (κ1) is 5.46. The molecular weight excluding hydrogens is 277 g/mol. The summed E-state index contributed by atoms with van der Waals surface area (Å²) in [6.45, 7) is 0. The molecule has 0 aliphatic rings. The Morgan fingerprint density at radius 3 is 2.25 bits per heavy atom. The molecule has 0 unspecified atom stereocenters. The fourth-order valence-corrected chi connectivity index (χ4v) is 0. The van der Waals surface area contributed by atoms with E-state index in [2.05, 4.69) is 22.6 Å². The zero-order chi connectivity index (χ0) is 3.41. The Labute approximate surface area is 49.3 Å². The second-order valence-electron chi connectivity index (χ2n) is 0.267. The Morgan fingerprint density at radius 2 is 2.25 bits per heavy atom. The van der Waals surface area contributed by atoms with Crippen molar-refractivity contribution >= 4 is 44.3 Å². The molecule has 0 aromatic carbocycles. The number of alkyl halides is 1. The molecule has 0 nitrogen and oxygen atoms in total. The minimum atomic E-state index is -1.29. The SMILES string of the molecule is [F][Sn][CH2]I. The van der Waals surface area contributed by atoms with Gasteiger partial charge in [-0.1, -0.05) is 0 Å². The van der Waals surface area contributed by atoms with E-state index in [1.165, 1.54) is 0 Å². The minimum absolute atomic E-state index is 0.793. The van der Waals surface area contributed by atoms with Gasteiger partial charge in [-0.2, -0.15) is 0 Å². The Balaban J connectivity index is 1.97. The van der Waals surface area contributed by atoms with Crippen LogP contribution in [-0.4, -0.2) is 24.2 Å². The van der Waals surface area contributed by atoms with E-state index in [1.807, 2.05) is 0 Å². The van der Waals surface area contributed by atoms with E-state index in [9.17, 15) is 2.87 Å². The van der Waals surface area contributed by atoms with Crippen molar-refractivity contribution in [1.82, 2.24) is 0 Å². The van der Waals surface area contributed by atoms with Crippen LogP contribution in [0.15, 0.2) is 0 Å². The van der Waals surface area contributed by atoms with E-state index in [4.69, 9.17) is 0 Å². The van der Waals surface area contributed by atoms with Gasteiger partial charge in [0.1, 0.15) is 0 Å². The average molecular weight is 279 g/mol. The molecule has 0 heterocycles. The van der Waals surface area contributed by atoms with Crippen LogP contribution in [0.4, 0.5) is 2.87 Å². The van der Waals surface area contributed by atoms with Crippen molar-refractivity contribution in [3.63, 3.8) is 0 Å². The number of halogens is 2. The van der Waals surface area contributed by atoms with Crippen LogP contribution in [0.3, 0.4) is 0 Å². The van der Waals surface area contributed by atoms with Gasteiger partial charge in [0.15, 0.2) is 0 Å². The molecule has 0 spiro atoms. The van der Waals surface area contributed by atoms with E-state index in [0.29, 0.717) is 0 Å². The van der Waals surface area contributed by atoms with Gasteiger partial charge in [-0.3, -0.25) is 0 Å². The van der Waals surface area contributed by atoms with Crippen LogP contribution < -0.4 is 0 Å². The van der Waals surface area contributed by atoms with E-state index in [-0.39, 0.29) is 0 Å². The van der Waals surface area contributed by atoms with Gasteiger partial charge in [0.2, 0.25) is 0 Å². The van der Waals surface area contributed by atoms with Crippen LogP contribution in [0.1, 0.15) is 0 Å². The second kappa shape index (κ2) is 4.46. The Hall–Kier alpha value is 1.46. The molecule has 0 atom stereocenters. The van der Waals surface area contributed by atoms with Crippen LogP contribution in [0.2, 0.25) is 0 Å². The van der Waals surface area contributed by atoms with Gasteiger partial charge in [0.25, 0.3) is 0 Å². The first-order valence-electron chi connectivity index (χ1n) is 0.810. The molecule has 0 N–H and O–H groups in total. The molecule has 0 bridgehead atoms. The molecule has 0 fully saturated rings. The molecule has 4 heavy (non-hydrogen) atoms. The van der Waals surface area contributed by atoms with E-state index in [0.717, 1.165) is 2.44 Å². The van der Waals surface area contributed by atoms with Crippen molar-refractivity contribution in [3.05, 3.63) is 0 Å². The third kappa shape index (κ3) is 3.46. The molecule has 0 amide bonds. The first-order chi connectivity index (χ1) is 1.91. The number of hydrogen-bond acceptors (Lipinski definition) is 0. The molecule has 0 aliphatic carbocycles. The molecule has 0 aromatic heterocycles. The van der Waals surface area contributed by atoms with Gasteiger partial charge in [-0.25, -0.2) is 0 Å². The summed E-state index contributed by atoms with van der Waals surface area (Å²) in [7, 11) is 0. The van der Waals surface area contributed by atoms with Crippen molar-refractivity contribution in [3.8, 4) is 0 Å². The van der Waals surface area contributed by atoms with Crippen molar-refractivity contribution in [2.75, 3.05) is 2.44 Å². The molecule has 0 saturated heterocycles. The standard InChI is InChI=1S/CH2I.FH.Sn/c1-2;;/h1H2;1H;/q;;+1/p-1. The zero-order valence-corrected chi connectivity index (χ0v) is 6.97. The molecule has 24 valence electrons. The van der Waals surface area contributed by atoms with Crippen molar-refractivity contribution in [2.45, 2.75) is 0 Å². The predicted molar refractivity (Wildman–Crippen MR) is 25.7 cm³/mol. The molecule has 2 radical (unpaired) electrons. The van der Waals surface area contributed by atoms with Crippen molar-refractivity contribution < 1.29 is 2.87 Å². The summed E-state index contributed by atoms with van der Waals surface area (Å²) in [6, 6.07) is 0. The van der Waals surface area contributed by atoms with Gasteiger partial charge < -0.3 is 0 Å². The molecule has 0 aliphatic heterocycles. The average Bonchev–Trinajstić information content (AvgIpc) is 1.37. The van der Waals surface area contributed by atoms with Crippen molar-refractivity contribution in [1.29, 1.82) is 0 Å².